The molecule has 1 aliphatic heterocycles. The van der Waals surface area contributed by atoms with E-state index >= 15 is 0 Å². The molecule has 0 spiro atoms. The van der Waals surface area contributed by atoms with E-state index in [1.807, 2.05) is 0 Å². The van der Waals surface area contributed by atoms with Crippen LogP contribution < -0.4 is 5.73 Å². The Morgan fingerprint density at radius 3 is 2.55 bits per heavy atom. The number of likely N-dealkylation sites (tertiary alicyclic amines) is 1. The van der Waals surface area contributed by atoms with E-state index in [1.54, 1.807) is 6.92 Å². The Labute approximate surface area is 115 Å². The van der Waals surface area contributed by atoms with Gasteiger partial charge in [0.25, 0.3) is 11.8 Å². The van der Waals surface area contributed by atoms with E-state index in [0.717, 1.165) is 12.8 Å². The Morgan fingerprint density at radius 1 is 1.35 bits per heavy atom. The number of hydrogen-bond donors (Lipinski definition) is 2. The van der Waals surface area contributed by atoms with E-state index in [0.29, 0.717) is 6.54 Å². The van der Waals surface area contributed by atoms with Crippen molar-refractivity contribution in [1.82, 2.24) is 4.90 Å². The van der Waals surface area contributed by atoms with Crippen LogP contribution in [0.15, 0.2) is 16.5 Å². The molecule has 2 unspecified atom stereocenters. The van der Waals surface area contributed by atoms with Gasteiger partial charge in [-0.15, -0.1) is 0 Å². The van der Waals surface area contributed by atoms with Crippen LogP contribution in [0.4, 0.5) is 0 Å². The third-order valence-electron chi connectivity index (χ3n) is 3.51. The Bertz CT molecular complexity index is 551. The summed E-state index contributed by atoms with van der Waals surface area (Å²) in [5, 5.41) is 9.27. The Morgan fingerprint density at radius 2 is 2.00 bits per heavy atom. The summed E-state index contributed by atoms with van der Waals surface area (Å²) in [6.07, 6.45) is 1.49. The van der Waals surface area contributed by atoms with E-state index in [2.05, 4.69) is 0 Å². The molecule has 2 atom stereocenters. The molecule has 20 heavy (non-hydrogen) atoms. The summed E-state index contributed by atoms with van der Waals surface area (Å²) in [5.74, 6) is -2.66. The molecule has 0 radical (unpaired) electrons. The Balaban J connectivity index is 2.25. The summed E-state index contributed by atoms with van der Waals surface area (Å²) >= 11 is 0. The van der Waals surface area contributed by atoms with Crippen molar-refractivity contribution in [3.05, 3.63) is 23.7 Å². The van der Waals surface area contributed by atoms with Gasteiger partial charge < -0.3 is 20.2 Å². The lowest BCUT2D eigenvalue weighted by Gasteiger charge is -2.36. The molecule has 1 fully saturated rings. The van der Waals surface area contributed by atoms with Gasteiger partial charge in [0.05, 0.1) is 0 Å². The highest BCUT2D eigenvalue weighted by Crippen LogP contribution is 2.25. The van der Waals surface area contributed by atoms with Gasteiger partial charge in [-0.3, -0.25) is 9.59 Å². The van der Waals surface area contributed by atoms with Gasteiger partial charge in [-0.05, 0) is 30.9 Å². The molecule has 1 aromatic heterocycles. The molecule has 0 aromatic carbocycles. The van der Waals surface area contributed by atoms with Crippen LogP contribution in [0.1, 0.15) is 40.9 Å². The first kappa shape index (κ1) is 14.1. The third kappa shape index (κ3) is 2.52. The lowest BCUT2D eigenvalue weighted by atomic mass is 9.90. The van der Waals surface area contributed by atoms with Crippen LogP contribution in [0.25, 0.3) is 0 Å². The number of carbonyl (C=O) groups is 3. The molecule has 0 bridgehead atoms. The SMILES string of the molecule is CC1CCCN(C(=O)c2ccc(C(N)=O)o2)C1C(=O)O. The predicted octanol–water partition coefficient (Wildman–Crippen LogP) is 0.704. The van der Waals surface area contributed by atoms with Crippen molar-refractivity contribution in [1.29, 1.82) is 0 Å². The van der Waals surface area contributed by atoms with Crippen molar-refractivity contribution < 1.29 is 23.9 Å². The van der Waals surface area contributed by atoms with E-state index in [-0.39, 0.29) is 17.4 Å². The fourth-order valence-electron chi connectivity index (χ4n) is 2.52. The van der Waals surface area contributed by atoms with Crippen molar-refractivity contribution in [3.8, 4) is 0 Å². The first-order valence-electron chi connectivity index (χ1n) is 6.35. The zero-order chi connectivity index (χ0) is 14.9. The summed E-state index contributed by atoms with van der Waals surface area (Å²) in [6.45, 7) is 2.15. The van der Waals surface area contributed by atoms with Crippen LogP contribution in [0.3, 0.4) is 0 Å². The van der Waals surface area contributed by atoms with Gasteiger partial charge in [-0.1, -0.05) is 6.92 Å². The lowest BCUT2D eigenvalue weighted by molar-refractivity contribution is -0.145. The smallest absolute Gasteiger partial charge is 0.326 e. The fourth-order valence-corrected chi connectivity index (χ4v) is 2.52. The molecule has 2 heterocycles. The van der Waals surface area contributed by atoms with Crippen LogP contribution in [-0.2, 0) is 4.79 Å². The monoisotopic (exact) mass is 280 g/mol. The number of primary amides is 1. The van der Waals surface area contributed by atoms with E-state index in [1.165, 1.54) is 17.0 Å². The Hall–Kier alpha value is -2.31. The molecule has 7 heteroatoms. The number of carboxylic acids is 1. The molecule has 0 aliphatic carbocycles. The number of amides is 2. The van der Waals surface area contributed by atoms with Crippen molar-refractivity contribution in [2.45, 2.75) is 25.8 Å². The number of piperidine rings is 1. The minimum atomic E-state index is -1.03. The second kappa shape index (κ2) is 5.36. The highest BCUT2D eigenvalue weighted by Gasteiger charge is 2.38. The highest BCUT2D eigenvalue weighted by molar-refractivity contribution is 5.96. The third-order valence-corrected chi connectivity index (χ3v) is 3.51. The van der Waals surface area contributed by atoms with Crippen molar-refractivity contribution in [3.63, 3.8) is 0 Å². The molecule has 0 saturated carbocycles. The minimum Gasteiger partial charge on any atom is -0.480 e. The molecule has 1 aromatic rings. The zero-order valence-electron chi connectivity index (χ0n) is 11.0. The predicted molar refractivity (Wildman–Crippen MR) is 68.1 cm³/mol. The van der Waals surface area contributed by atoms with Crippen LogP contribution in [-0.4, -0.2) is 40.4 Å². The number of rotatable bonds is 3. The van der Waals surface area contributed by atoms with Gasteiger partial charge in [0.15, 0.2) is 11.5 Å². The molecular formula is C13H16N2O5. The van der Waals surface area contributed by atoms with E-state index in [9.17, 15) is 19.5 Å². The average Bonchev–Trinajstić information content (AvgIpc) is 2.86. The van der Waals surface area contributed by atoms with E-state index < -0.39 is 23.8 Å². The topological polar surface area (TPSA) is 114 Å². The maximum Gasteiger partial charge on any atom is 0.326 e. The van der Waals surface area contributed by atoms with Crippen molar-refractivity contribution >= 4 is 17.8 Å². The maximum absolute atomic E-state index is 12.3. The number of nitrogens with two attached hydrogens (primary N) is 1. The average molecular weight is 280 g/mol. The van der Waals surface area contributed by atoms with Crippen molar-refractivity contribution in [2.75, 3.05) is 6.54 Å². The highest BCUT2D eigenvalue weighted by atomic mass is 16.4. The standard InChI is InChI=1S/C13H16N2O5/c1-7-3-2-6-15(10(7)13(18)19)12(17)9-5-4-8(20-9)11(14)16/h4-5,7,10H,2-3,6H2,1H3,(H2,14,16)(H,18,19). The summed E-state index contributed by atoms with van der Waals surface area (Å²) in [6, 6.07) is 1.76. The first-order valence-corrected chi connectivity index (χ1v) is 6.35. The number of nitrogens with zero attached hydrogens (tertiary/aromatic N) is 1. The molecule has 3 N–H and O–H groups in total. The molecule has 7 nitrogen and oxygen atoms in total. The molecule has 1 aliphatic rings. The van der Waals surface area contributed by atoms with Crippen LogP contribution in [0.2, 0.25) is 0 Å². The molecular weight excluding hydrogens is 264 g/mol. The number of carboxylic acid groups (broad SMARTS) is 1. The number of carbonyl (C=O) groups excluding carboxylic acids is 2. The molecule has 1 saturated heterocycles. The summed E-state index contributed by atoms with van der Waals surface area (Å²) in [5.41, 5.74) is 5.05. The van der Waals surface area contributed by atoms with Gasteiger partial charge in [0, 0.05) is 6.54 Å². The Kier molecular flexibility index (Phi) is 3.78. The van der Waals surface area contributed by atoms with Crippen molar-refractivity contribution in [2.24, 2.45) is 11.7 Å². The molecule has 108 valence electrons. The van der Waals surface area contributed by atoms with Gasteiger partial charge in [-0.25, -0.2) is 4.79 Å². The second-order valence-electron chi connectivity index (χ2n) is 4.93. The number of aliphatic carboxylic acids is 1. The quantitative estimate of drug-likeness (QED) is 0.846. The fraction of sp³-hybridized carbons (Fsp3) is 0.462. The van der Waals surface area contributed by atoms with E-state index in [4.69, 9.17) is 10.2 Å². The largest absolute Gasteiger partial charge is 0.480 e. The zero-order valence-corrected chi connectivity index (χ0v) is 11.0. The number of hydrogen-bond acceptors (Lipinski definition) is 4. The van der Waals surface area contributed by atoms with Crippen LogP contribution in [0.5, 0.6) is 0 Å². The second-order valence-corrected chi connectivity index (χ2v) is 4.93. The molecule has 2 rings (SSSR count). The van der Waals surface area contributed by atoms with Gasteiger partial charge in [0.2, 0.25) is 0 Å². The van der Waals surface area contributed by atoms with Gasteiger partial charge >= 0.3 is 5.97 Å². The van der Waals surface area contributed by atoms with Crippen LogP contribution in [0, 0.1) is 5.92 Å². The summed E-state index contributed by atoms with van der Waals surface area (Å²) < 4.78 is 5.06. The maximum atomic E-state index is 12.3. The van der Waals surface area contributed by atoms with Gasteiger partial charge in [0.1, 0.15) is 6.04 Å². The summed E-state index contributed by atoms with van der Waals surface area (Å²) in [4.78, 5) is 35.9. The normalized spacial score (nSPS) is 22.6. The van der Waals surface area contributed by atoms with Crippen LogP contribution >= 0.6 is 0 Å². The van der Waals surface area contributed by atoms with Gasteiger partial charge in [-0.2, -0.15) is 0 Å². The first-order chi connectivity index (χ1) is 9.41. The molecule has 2 amide bonds. The summed E-state index contributed by atoms with van der Waals surface area (Å²) in [7, 11) is 0. The minimum absolute atomic E-state index is 0.0702. The lowest BCUT2D eigenvalue weighted by Crippen LogP contribution is -2.51. The number of furan rings is 1.